The van der Waals surface area contributed by atoms with Crippen LogP contribution >= 0.6 is 0 Å². The number of hydrogen-bond acceptors (Lipinski definition) is 2. The standard InChI is InChI=1S/C12H22O2/c1-9(2)8-10(3)14-12-6-4-11(13)5-7-12/h9-10,12H,4-8H2,1-3H3/t10-/m1/s1. The van der Waals surface area contributed by atoms with Crippen LogP contribution in [0.15, 0.2) is 0 Å². The van der Waals surface area contributed by atoms with E-state index in [1.54, 1.807) is 0 Å². The lowest BCUT2D eigenvalue weighted by Gasteiger charge is -2.26. The Labute approximate surface area is 87.0 Å². The van der Waals surface area contributed by atoms with Gasteiger partial charge in [0.1, 0.15) is 5.78 Å². The Balaban J connectivity index is 2.20. The normalized spacial score (nSPS) is 21.6. The van der Waals surface area contributed by atoms with Crippen LogP contribution in [0.3, 0.4) is 0 Å². The minimum absolute atomic E-state index is 0.335. The van der Waals surface area contributed by atoms with Crippen molar-refractivity contribution in [1.29, 1.82) is 0 Å². The molecule has 1 rings (SSSR count). The number of rotatable bonds is 4. The number of Topliss-reactive ketones (excluding diaryl/α,β-unsaturated/α-hetero) is 1. The van der Waals surface area contributed by atoms with Crippen molar-refractivity contribution in [3.05, 3.63) is 0 Å². The molecule has 0 aromatic rings. The molecule has 0 heterocycles. The van der Waals surface area contributed by atoms with E-state index in [1.807, 2.05) is 0 Å². The first-order chi connectivity index (χ1) is 6.58. The molecule has 2 nitrogen and oxygen atoms in total. The molecular formula is C12H22O2. The van der Waals surface area contributed by atoms with E-state index in [-0.39, 0.29) is 0 Å². The first-order valence-corrected chi connectivity index (χ1v) is 5.75. The molecule has 0 aromatic carbocycles. The van der Waals surface area contributed by atoms with Gasteiger partial charge in [-0.25, -0.2) is 0 Å². The summed E-state index contributed by atoms with van der Waals surface area (Å²) in [5.74, 6) is 1.09. The summed E-state index contributed by atoms with van der Waals surface area (Å²) in [6.45, 7) is 6.56. The van der Waals surface area contributed by atoms with Gasteiger partial charge in [0.15, 0.2) is 0 Å². The van der Waals surface area contributed by atoms with Gasteiger partial charge in [0.05, 0.1) is 12.2 Å². The number of carbonyl (C=O) groups excluding carboxylic acids is 1. The van der Waals surface area contributed by atoms with E-state index in [0.29, 0.717) is 23.9 Å². The number of ketones is 1. The quantitative estimate of drug-likeness (QED) is 0.694. The Morgan fingerprint density at radius 2 is 1.86 bits per heavy atom. The molecule has 14 heavy (non-hydrogen) atoms. The molecule has 0 aromatic heterocycles. The lowest BCUT2D eigenvalue weighted by atomic mass is 9.96. The van der Waals surface area contributed by atoms with E-state index in [2.05, 4.69) is 20.8 Å². The lowest BCUT2D eigenvalue weighted by Crippen LogP contribution is -2.26. The predicted octanol–water partition coefficient (Wildman–Crippen LogP) is 2.95. The molecule has 1 saturated carbocycles. The summed E-state index contributed by atoms with van der Waals surface area (Å²) in [7, 11) is 0. The van der Waals surface area contributed by atoms with Gasteiger partial charge in [0, 0.05) is 12.8 Å². The fourth-order valence-electron chi connectivity index (χ4n) is 2.10. The highest BCUT2D eigenvalue weighted by Gasteiger charge is 2.21. The molecular weight excluding hydrogens is 176 g/mol. The van der Waals surface area contributed by atoms with Crippen molar-refractivity contribution in [3.8, 4) is 0 Å². The smallest absolute Gasteiger partial charge is 0.133 e. The van der Waals surface area contributed by atoms with E-state index in [1.165, 1.54) is 0 Å². The van der Waals surface area contributed by atoms with Crippen LogP contribution in [0.25, 0.3) is 0 Å². The van der Waals surface area contributed by atoms with Gasteiger partial charge in [-0.2, -0.15) is 0 Å². The fourth-order valence-corrected chi connectivity index (χ4v) is 2.10. The Morgan fingerprint density at radius 3 is 2.36 bits per heavy atom. The van der Waals surface area contributed by atoms with E-state index in [0.717, 1.165) is 32.1 Å². The topological polar surface area (TPSA) is 26.3 Å². The Bertz CT molecular complexity index is 177. The molecule has 0 bridgehead atoms. The van der Waals surface area contributed by atoms with Crippen molar-refractivity contribution in [2.45, 2.75) is 65.1 Å². The molecule has 1 aliphatic rings. The number of hydrogen-bond donors (Lipinski definition) is 0. The number of carbonyl (C=O) groups is 1. The maximum absolute atomic E-state index is 11.0. The summed E-state index contributed by atoms with van der Waals surface area (Å²) < 4.78 is 5.90. The summed E-state index contributed by atoms with van der Waals surface area (Å²) in [5.41, 5.74) is 0. The van der Waals surface area contributed by atoms with Gasteiger partial charge in [-0.1, -0.05) is 13.8 Å². The average molecular weight is 198 g/mol. The molecule has 0 saturated heterocycles. The second-order valence-electron chi connectivity index (χ2n) is 4.81. The lowest BCUT2D eigenvalue weighted by molar-refractivity contribution is -0.124. The summed E-state index contributed by atoms with van der Waals surface area (Å²) in [4.78, 5) is 11.0. The highest BCUT2D eigenvalue weighted by atomic mass is 16.5. The molecule has 2 heteroatoms. The minimum atomic E-state index is 0.335. The van der Waals surface area contributed by atoms with E-state index >= 15 is 0 Å². The maximum atomic E-state index is 11.0. The fraction of sp³-hybridized carbons (Fsp3) is 0.917. The van der Waals surface area contributed by atoms with Crippen molar-refractivity contribution >= 4 is 5.78 Å². The average Bonchev–Trinajstić information content (AvgIpc) is 2.07. The van der Waals surface area contributed by atoms with Crippen LogP contribution in [0.1, 0.15) is 52.9 Å². The van der Waals surface area contributed by atoms with Gasteiger partial charge in [0.2, 0.25) is 0 Å². The Hall–Kier alpha value is -0.370. The summed E-state index contributed by atoms with van der Waals surface area (Å²) in [5, 5.41) is 0. The van der Waals surface area contributed by atoms with Gasteiger partial charge in [0.25, 0.3) is 0 Å². The first-order valence-electron chi connectivity index (χ1n) is 5.75. The van der Waals surface area contributed by atoms with Crippen LogP contribution in [0.2, 0.25) is 0 Å². The molecule has 0 spiro atoms. The zero-order chi connectivity index (χ0) is 10.6. The zero-order valence-electron chi connectivity index (χ0n) is 9.58. The van der Waals surface area contributed by atoms with Crippen molar-refractivity contribution in [3.63, 3.8) is 0 Å². The second kappa shape index (κ2) is 5.50. The monoisotopic (exact) mass is 198 g/mol. The summed E-state index contributed by atoms with van der Waals surface area (Å²) in [6.07, 6.45) is 5.10. The van der Waals surface area contributed by atoms with Gasteiger partial charge >= 0.3 is 0 Å². The van der Waals surface area contributed by atoms with Gasteiger partial charge in [-0.05, 0) is 32.1 Å². The van der Waals surface area contributed by atoms with Crippen LogP contribution in [0.4, 0.5) is 0 Å². The summed E-state index contributed by atoms with van der Waals surface area (Å²) >= 11 is 0. The van der Waals surface area contributed by atoms with Gasteiger partial charge in [-0.3, -0.25) is 4.79 Å². The van der Waals surface area contributed by atoms with Crippen molar-refractivity contribution < 1.29 is 9.53 Å². The van der Waals surface area contributed by atoms with Crippen molar-refractivity contribution in [2.24, 2.45) is 5.92 Å². The predicted molar refractivity (Wildman–Crippen MR) is 57.3 cm³/mol. The van der Waals surface area contributed by atoms with Gasteiger partial charge < -0.3 is 4.74 Å². The molecule has 1 atom stereocenters. The molecule has 0 aliphatic heterocycles. The molecule has 82 valence electrons. The van der Waals surface area contributed by atoms with Crippen molar-refractivity contribution in [2.75, 3.05) is 0 Å². The highest BCUT2D eigenvalue weighted by Crippen LogP contribution is 2.21. The first kappa shape index (κ1) is 11.7. The van der Waals surface area contributed by atoms with Crippen molar-refractivity contribution in [1.82, 2.24) is 0 Å². The van der Waals surface area contributed by atoms with E-state index in [9.17, 15) is 4.79 Å². The molecule has 0 unspecified atom stereocenters. The molecule has 0 amide bonds. The van der Waals surface area contributed by atoms with Crippen LogP contribution in [-0.2, 0) is 9.53 Å². The van der Waals surface area contributed by atoms with Crippen LogP contribution < -0.4 is 0 Å². The Kier molecular flexibility index (Phi) is 4.59. The van der Waals surface area contributed by atoms with Gasteiger partial charge in [-0.15, -0.1) is 0 Å². The third-order valence-corrected chi connectivity index (χ3v) is 2.72. The van der Waals surface area contributed by atoms with E-state index < -0.39 is 0 Å². The third kappa shape index (κ3) is 4.23. The summed E-state index contributed by atoms with van der Waals surface area (Å²) in [6, 6.07) is 0. The highest BCUT2D eigenvalue weighted by molar-refractivity contribution is 5.79. The maximum Gasteiger partial charge on any atom is 0.133 e. The zero-order valence-corrected chi connectivity index (χ0v) is 9.58. The largest absolute Gasteiger partial charge is 0.375 e. The Morgan fingerprint density at radius 1 is 1.29 bits per heavy atom. The molecule has 1 aliphatic carbocycles. The molecule has 1 fully saturated rings. The third-order valence-electron chi connectivity index (χ3n) is 2.72. The van der Waals surface area contributed by atoms with E-state index in [4.69, 9.17) is 4.74 Å². The second-order valence-corrected chi connectivity index (χ2v) is 4.81. The molecule has 0 radical (unpaired) electrons. The SMILES string of the molecule is CC(C)C[C@@H](C)OC1CCC(=O)CC1. The number of ether oxygens (including phenoxy) is 1. The molecule has 0 N–H and O–H groups in total. The van der Waals surface area contributed by atoms with Crippen LogP contribution in [0.5, 0.6) is 0 Å². The van der Waals surface area contributed by atoms with Crippen LogP contribution in [-0.4, -0.2) is 18.0 Å². The minimum Gasteiger partial charge on any atom is -0.375 e. The van der Waals surface area contributed by atoms with Crippen LogP contribution in [0, 0.1) is 5.92 Å².